The minimum absolute atomic E-state index is 0.0258. The van der Waals surface area contributed by atoms with Gasteiger partial charge in [-0.15, -0.1) is 6.58 Å². The van der Waals surface area contributed by atoms with Gasteiger partial charge < -0.3 is 9.22 Å². The lowest BCUT2D eigenvalue weighted by atomic mass is 10.1. The third kappa shape index (κ3) is 14.1. The van der Waals surface area contributed by atoms with Crippen LogP contribution in [0.4, 0.5) is 0 Å². The van der Waals surface area contributed by atoms with Crippen molar-refractivity contribution in [2.24, 2.45) is 0 Å². The molecule has 0 spiro atoms. The van der Waals surface area contributed by atoms with E-state index >= 15 is 0 Å². The monoisotopic (exact) mass is 312 g/mol. The van der Waals surface area contributed by atoms with Gasteiger partial charge in [-0.2, -0.15) is 0 Å². The van der Waals surface area contributed by atoms with Gasteiger partial charge in [0.05, 0.1) is 20.6 Å². The molecule has 0 aliphatic carbocycles. The average Bonchev–Trinajstić information content (AvgIpc) is 2.48. The zero-order valence-electron chi connectivity index (χ0n) is 15.2. The van der Waals surface area contributed by atoms with Gasteiger partial charge in [-0.1, -0.05) is 45.1 Å². The molecule has 0 aromatic carbocycles. The van der Waals surface area contributed by atoms with E-state index in [1.807, 2.05) is 6.08 Å². The lowest BCUT2D eigenvalue weighted by molar-refractivity contribution is -0.890. The summed E-state index contributed by atoms with van der Waals surface area (Å²) < 4.78 is 6.29. The van der Waals surface area contributed by atoms with E-state index in [1.54, 1.807) is 0 Å². The standard InChI is InChI=1S/C19H38NO2/c1-5-7-9-10-11-12-13-14-15-19(21)22-18-17-20(3,4)16-8-6-2/h5H,1,6-18H2,2-4H3/q+1. The molecule has 0 atom stereocenters. The predicted molar refractivity (Wildman–Crippen MR) is 94.8 cm³/mol. The maximum atomic E-state index is 11.7. The summed E-state index contributed by atoms with van der Waals surface area (Å²) in [6.45, 7) is 8.55. The Morgan fingerprint density at radius 3 is 2.27 bits per heavy atom. The molecule has 0 bridgehead atoms. The van der Waals surface area contributed by atoms with E-state index in [4.69, 9.17) is 4.74 Å². The molecule has 130 valence electrons. The van der Waals surface area contributed by atoms with Crippen LogP contribution >= 0.6 is 0 Å². The predicted octanol–water partition coefficient (Wildman–Crippen LogP) is 4.71. The molecule has 3 heteroatoms. The van der Waals surface area contributed by atoms with Crippen LogP contribution in [0.2, 0.25) is 0 Å². The first-order chi connectivity index (χ1) is 10.5. The van der Waals surface area contributed by atoms with Gasteiger partial charge in [0.2, 0.25) is 0 Å². The maximum absolute atomic E-state index is 11.7. The first-order valence-electron chi connectivity index (χ1n) is 9.10. The summed E-state index contributed by atoms with van der Waals surface area (Å²) in [5, 5.41) is 0. The van der Waals surface area contributed by atoms with E-state index in [0.717, 1.165) is 36.8 Å². The van der Waals surface area contributed by atoms with Crippen LogP contribution in [-0.4, -0.2) is 44.2 Å². The fraction of sp³-hybridized carbons (Fsp3) is 0.842. The quantitative estimate of drug-likeness (QED) is 0.189. The topological polar surface area (TPSA) is 26.3 Å². The molecule has 0 unspecified atom stereocenters. The van der Waals surface area contributed by atoms with Crippen LogP contribution in [0.1, 0.15) is 71.1 Å². The first-order valence-corrected chi connectivity index (χ1v) is 9.10. The Hall–Kier alpha value is -0.830. The summed E-state index contributed by atoms with van der Waals surface area (Å²) in [7, 11) is 4.41. The lowest BCUT2D eigenvalue weighted by Gasteiger charge is -2.29. The second-order valence-electron chi connectivity index (χ2n) is 6.91. The zero-order chi connectivity index (χ0) is 16.7. The maximum Gasteiger partial charge on any atom is 0.305 e. The van der Waals surface area contributed by atoms with Crippen molar-refractivity contribution >= 4 is 5.97 Å². The average molecular weight is 313 g/mol. The summed E-state index contributed by atoms with van der Waals surface area (Å²) in [4.78, 5) is 11.7. The van der Waals surface area contributed by atoms with Gasteiger partial charge in [-0.25, -0.2) is 0 Å². The smallest absolute Gasteiger partial charge is 0.305 e. The number of quaternary nitrogens is 1. The van der Waals surface area contributed by atoms with Crippen LogP contribution in [0.5, 0.6) is 0 Å². The van der Waals surface area contributed by atoms with Crippen molar-refractivity contribution in [2.75, 3.05) is 33.8 Å². The molecule has 0 rings (SSSR count). The highest BCUT2D eigenvalue weighted by atomic mass is 16.5. The Morgan fingerprint density at radius 1 is 1.00 bits per heavy atom. The van der Waals surface area contributed by atoms with E-state index in [1.165, 1.54) is 38.5 Å². The highest BCUT2D eigenvalue weighted by Crippen LogP contribution is 2.09. The molecule has 0 heterocycles. The van der Waals surface area contributed by atoms with Crippen molar-refractivity contribution in [3.8, 4) is 0 Å². The molecular formula is C19H38NO2+. The number of hydrogen-bond donors (Lipinski definition) is 0. The molecule has 0 radical (unpaired) electrons. The SMILES string of the molecule is C=CCCCCCCCCC(=O)OCC[N+](C)(C)CCCC. The van der Waals surface area contributed by atoms with Crippen LogP contribution in [-0.2, 0) is 9.53 Å². The van der Waals surface area contributed by atoms with Gasteiger partial charge in [0.1, 0.15) is 13.2 Å². The molecule has 0 aliphatic rings. The van der Waals surface area contributed by atoms with Crippen LogP contribution in [0.15, 0.2) is 12.7 Å². The van der Waals surface area contributed by atoms with Gasteiger partial charge in [0, 0.05) is 6.42 Å². The number of hydrogen-bond acceptors (Lipinski definition) is 2. The number of carbonyl (C=O) groups is 1. The van der Waals surface area contributed by atoms with Crippen molar-refractivity contribution in [1.29, 1.82) is 0 Å². The van der Waals surface area contributed by atoms with Gasteiger partial charge in [-0.05, 0) is 25.7 Å². The second kappa shape index (κ2) is 13.8. The third-order valence-electron chi connectivity index (χ3n) is 4.12. The third-order valence-corrected chi connectivity index (χ3v) is 4.12. The van der Waals surface area contributed by atoms with E-state index < -0.39 is 0 Å². The largest absolute Gasteiger partial charge is 0.460 e. The van der Waals surface area contributed by atoms with Crippen molar-refractivity contribution in [3.05, 3.63) is 12.7 Å². The minimum Gasteiger partial charge on any atom is -0.460 e. The van der Waals surface area contributed by atoms with Crippen molar-refractivity contribution in [3.63, 3.8) is 0 Å². The summed E-state index contributed by atoms with van der Waals surface area (Å²) in [5.41, 5.74) is 0. The first kappa shape index (κ1) is 21.2. The Kier molecular flexibility index (Phi) is 13.3. The number of nitrogens with zero attached hydrogens (tertiary/aromatic N) is 1. The molecule has 0 saturated carbocycles. The summed E-state index contributed by atoms with van der Waals surface area (Å²) in [6.07, 6.45) is 13.3. The summed E-state index contributed by atoms with van der Waals surface area (Å²) >= 11 is 0. The molecule has 0 saturated heterocycles. The van der Waals surface area contributed by atoms with E-state index in [2.05, 4.69) is 27.6 Å². The number of esters is 1. The Bertz CT molecular complexity index is 287. The fourth-order valence-electron chi connectivity index (χ4n) is 2.44. The summed E-state index contributed by atoms with van der Waals surface area (Å²) in [6, 6.07) is 0. The Balaban J connectivity index is 3.44. The molecular weight excluding hydrogens is 274 g/mol. The second-order valence-corrected chi connectivity index (χ2v) is 6.91. The highest BCUT2D eigenvalue weighted by molar-refractivity contribution is 5.69. The Labute approximate surface area is 138 Å². The highest BCUT2D eigenvalue weighted by Gasteiger charge is 2.14. The molecule has 0 aromatic rings. The molecule has 0 aliphatic heterocycles. The fourth-order valence-corrected chi connectivity index (χ4v) is 2.44. The molecule has 0 amide bonds. The summed E-state index contributed by atoms with van der Waals surface area (Å²) in [5.74, 6) is -0.0258. The van der Waals surface area contributed by atoms with Gasteiger partial charge in [-0.3, -0.25) is 4.79 Å². The van der Waals surface area contributed by atoms with Gasteiger partial charge in [0.15, 0.2) is 0 Å². The van der Waals surface area contributed by atoms with Gasteiger partial charge in [0.25, 0.3) is 0 Å². The molecule has 0 N–H and O–H groups in total. The van der Waals surface area contributed by atoms with Crippen LogP contribution < -0.4 is 0 Å². The number of ether oxygens (including phenoxy) is 1. The number of carbonyl (C=O) groups excluding carboxylic acids is 1. The number of unbranched alkanes of at least 4 members (excludes halogenated alkanes) is 7. The molecule has 3 nitrogen and oxygen atoms in total. The van der Waals surface area contributed by atoms with E-state index in [9.17, 15) is 4.79 Å². The van der Waals surface area contributed by atoms with Crippen molar-refractivity contribution in [2.45, 2.75) is 71.1 Å². The van der Waals surface area contributed by atoms with Crippen molar-refractivity contribution < 1.29 is 14.0 Å². The van der Waals surface area contributed by atoms with Gasteiger partial charge >= 0.3 is 5.97 Å². The van der Waals surface area contributed by atoms with Crippen LogP contribution in [0.3, 0.4) is 0 Å². The molecule has 22 heavy (non-hydrogen) atoms. The molecule has 0 aromatic heterocycles. The number of likely N-dealkylation sites (N-methyl/N-ethyl adjacent to an activating group) is 1. The normalized spacial score (nSPS) is 11.4. The van der Waals surface area contributed by atoms with Crippen molar-refractivity contribution in [1.82, 2.24) is 0 Å². The zero-order valence-corrected chi connectivity index (χ0v) is 15.2. The minimum atomic E-state index is -0.0258. The Morgan fingerprint density at radius 2 is 1.64 bits per heavy atom. The lowest BCUT2D eigenvalue weighted by Crippen LogP contribution is -2.43. The van der Waals surface area contributed by atoms with E-state index in [0.29, 0.717) is 13.0 Å². The van der Waals surface area contributed by atoms with Crippen LogP contribution in [0, 0.1) is 0 Å². The van der Waals surface area contributed by atoms with Crippen LogP contribution in [0.25, 0.3) is 0 Å². The molecule has 0 fully saturated rings. The number of rotatable bonds is 15. The number of allylic oxidation sites excluding steroid dienone is 1. The van der Waals surface area contributed by atoms with E-state index in [-0.39, 0.29) is 5.97 Å².